The summed E-state index contributed by atoms with van der Waals surface area (Å²) in [6.45, 7) is 6.01. The highest BCUT2D eigenvalue weighted by Gasteiger charge is 2.10. The molecule has 3 heteroatoms. The van der Waals surface area contributed by atoms with E-state index in [9.17, 15) is 10.2 Å². The quantitative estimate of drug-likeness (QED) is 0.601. The van der Waals surface area contributed by atoms with Gasteiger partial charge in [0.05, 0.1) is 5.56 Å². The molecular formula is C24H25NO2. The molecule has 0 aliphatic carbocycles. The first-order chi connectivity index (χ1) is 12.8. The van der Waals surface area contributed by atoms with Crippen molar-refractivity contribution in [1.82, 2.24) is 5.32 Å². The highest BCUT2D eigenvalue weighted by Crippen LogP contribution is 2.25. The average Bonchev–Trinajstić information content (AvgIpc) is 2.64. The van der Waals surface area contributed by atoms with Crippen molar-refractivity contribution in [1.29, 1.82) is 0 Å². The van der Waals surface area contributed by atoms with Gasteiger partial charge in [-0.25, -0.2) is 0 Å². The van der Waals surface area contributed by atoms with Crippen molar-refractivity contribution in [3.63, 3.8) is 0 Å². The van der Waals surface area contributed by atoms with E-state index in [2.05, 4.69) is 66.5 Å². The molecule has 3 rings (SSSR count). The second-order valence-corrected chi connectivity index (χ2v) is 7.33. The summed E-state index contributed by atoms with van der Waals surface area (Å²) < 4.78 is 0. The van der Waals surface area contributed by atoms with Crippen LogP contribution in [0.4, 0.5) is 0 Å². The van der Waals surface area contributed by atoms with Crippen LogP contribution in [0.2, 0.25) is 0 Å². The number of aliphatic hydroxyl groups is 1. The predicted molar refractivity (Wildman–Crippen MR) is 110 cm³/mol. The van der Waals surface area contributed by atoms with Crippen LogP contribution in [0.25, 0.3) is 10.8 Å². The number of nitrogens with one attached hydrogen (secondary N) is 1. The van der Waals surface area contributed by atoms with Crippen molar-refractivity contribution in [3.05, 3.63) is 77.4 Å². The Balaban J connectivity index is 1.72. The van der Waals surface area contributed by atoms with Gasteiger partial charge in [-0.05, 0) is 54.8 Å². The summed E-state index contributed by atoms with van der Waals surface area (Å²) in [6, 6.07) is 20.3. The smallest absolute Gasteiger partial charge is 0.131 e. The fourth-order valence-electron chi connectivity index (χ4n) is 3.02. The minimum absolute atomic E-state index is 0.129. The molecule has 3 aromatic rings. The summed E-state index contributed by atoms with van der Waals surface area (Å²) in [5, 5.41) is 25.9. The van der Waals surface area contributed by atoms with Crippen LogP contribution in [-0.4, -0.2) is 15.8 Å². The summed E-state index contributed by atoms with van der Waals surface area (Å²) in [5.74, 6) is 5.67. The Labute approximate surface area is 160 Å². The van der Waals surface area contributed by atoms with Crippen LogP contribution in [0.5, 0.6) is 5.75 Å². The van der Waals surface area contributed by atoms with Crippen molar-refractivity contribution in [2.24, 2.45) is 0 Å². The molecule has 3 aromatic carbocycles. The lowest BCUT2D eigenvalue weighted by Crippen LogP contribution is -2.18. The van der Waals surface area contributed by atoms with Gasteiger partial charge >= 0.3 is 0 Å². The van der Waals surface area contributed by atoms with Crippen LogP contribution >= 0.6 is 0 Å². The summed E-state index contributed by atoms with van der Waals surface area (Å²) in [5.41, 5.74) is 1.67. The molecule has 3 N–H and O–H groups in total. The minimum atomic E-state index is -1.08. The second-order valence-electron chi connectivity index (χ2n) is 7.33. The normalized spacial score (nSPS) is 12.4. The second kappa shape index (κ2) is 7.84. The maximum atomic E-state index is 10.2. The summed E-state index contributed by atoms with van der Waals surface area (Å²) in [7, 11) is 0. The molecule has 0 aliphatic rings. The SMILES string of the molecule is CC(NCc1ccc(C#CC(C)(C)O)c(O)c1)c1cccc2ccccc12. The molecular weight excluding hydrogens is 334 g/mol. The van der Waals surface area contributed by atoms with Gasteiger partial charge < -0.3 is 15.5 Å². The zero-order valence-electron chi connectivity index (χ0n) is 16.0. The van der Waals surface area contributed by atoms with Crippen LogP contribution in [-0.2, 0) is 6.54 Å². The van der Waals surface area contributed by atoms with Crippen LogP contribution in [0.15, 0.2) is 60.7 Å². The van der Waals surface area contributed by atoms with E-state index >= 15 is 0 Å². The number of benzene rings is 3. The van der Waals surface area contributed by atoms with Crippen LogP contribution in [0.3, 0.4) is 0 Å². The number of phenols is 1. The molecule has 0 saturated carbocycles. The Morgan fingerprint density at radius 3 is 2.52 bits per heavy atom. The van der Waals surface area contributed by atoms with E-state index in [1.165, 1.54) is 16.3 Å². The topological polar surface area (TPSA) is 52.5 Å². The third-order valence-electron chi connectivity index (χ3n) is 4.47. The maximum absolute atomic E-state index is 10.2. The highest BCUT2D eigenvalue weighted by atomic mass is 16.3. The molecule has 1 atom stereocenters. The molecule has 27 heavy (non-hydrogen) atoms. The molecule has 0 aromatic heterocycles. The highest BCUT2D eigenvalue weighted by molar-refractivity contribution is 5.86. The van der Waals surface area contributed by atoms with Gasteiger partial charge in [0.1, 0.15) is 11.4 Å². The lowest BCUT2D eigenvalue weighted by atomic mass is 9.99. The summed E-state index contributed by atoms with van der Waals surface area (Å²) in [6.07, 6.45) is 0. The predicted octanol–water partition coefficient (Wildman–Crippen LogP) is 4.52. The number of aromatic hydroxyl groups is 1. The lowest BCUT2D eigenvalue weighted by molar-refractivity contribution is 0.143. The van der Waals surface area contributed by atoms with Crippen molar-refractivity contribution < 1.29 is 10.2 Å². The molecule has 0 saturated heterocycles. The van der Waals surface area contributed by atoms with Gasteiger partial charge in [-0.1, -0.05) is 60.4 Å². The Hall–Kier alpha value is -2.80. The first kappa shape index (κ1) is 19.0. The van der Waals surface area contributed by atoms with Crippen LogP contribution < -0.4 is 5.32 Å². The van der Waals surface area contributed by atoms with Gasteiger partial charge in [0.25, 0.3) is 0 Å². The Kier molecular flexibility index (Phi) is 5.51. The summed E-state index contributed by atoms with van der Waals surface area (Å²) in [4.78, 5) is 0. The molecule has 0 radical (unpaired) electrons. The Morgan fingerprint density at radius 1 is 1.04 bits per heavy atom. The number of hydrogen-bond donors (Lipinski definition) is 3. The summed E-state index contributed by atoms with van der Waals surface area (Å²) >= 11 is 0. The standard InChI is InChI=1S/C24H25NO2/c1-17(21-10-6-8-19-7-4-5-9-22(19)21)25-16-18-11-12-20(23(26)15-18)13-14-24(2,3)27/h4-12,15,17,25-27H,16H2,1-3H3. The van der Waals surface area contributed by atoms with E-state index in [0.717, 1.165) is 5.56 Å². The van der Waals surface area contributed by atoms with Gasteiger partial charge in [-0.2, -0.15) is 0 Å². The van der Waals surface area contributed by atoms with Crippen molar-refractivity contribution in [2.75, 3.05) is 0 Å². The Morgan fingerprint density at radius 2 is 1.78 bits per heavy atom. The monoisotopic (exact) mass is 359 g/mol. The number of fused-ring (bicyclic) bond motifs is 1. The molecule has 0 amide bonds. The van der Waals surface area contributed by atoms with Gasteiger partial charge in [-0.15, -0.1) is 0 Å². The zero-order chi connectivity index (χ0) is 19.4. The average molecular weight is 359 g/mol. The van der Waals surface area contributed by atoms with Crippen molar-refractivity contribution in [3.8, 4) is 17.6 Å². The molecule has 0 bridgehead atoms. The first-order valence-corrected chi connectivity index (χ1v) is 9.12. The van der Waals surface area contributed by atoms with Gasteiger partial charge in [-0.3, -0.25) is 0 Å². The van der Waals surface area contributed by atoms with E-state index in [4.69, 9.17) is 0 Å². The maximum Gasteiger partial charge on any atom is 0.131 e. The largest absolute Gasteiger partial charge is 0.507 e. The van der Waals surface area contributed by atoms with Gasteiger partial charge in [0.15, 0.2) is 0 Å². The molecule has 0 spiro atoms. The van der Waals surface area contributed by atoms with E-state index in [0.29, 0.717) is 12.1 Å². The lowest BCUT2D eigenvalue weighted by Gasteiger charge is -2.17. The number of phenolic OH excluding ortho intramolecular Hbond substituents is 1. The van der Waals surface area contributed by atoms with Crippen LogP contribution in [0.1, 0.15) is 43.5 Å². The van der Waals surface area contributed by atoms with E-state index in [1.807, 2.05) is 6.07 Å². The van der Waals surface area contributed by atoms with E-state index in [1.54, 1.807) is 26.0 Å². The van der Waals surface area contributed by atoms with Gasteiger partial charge in [0.2, 0.25) is 0 Å². The molecule has 0 heterocycles. The molecule has 3 nitrogen and oxygen atoms in total. The minimum Gasteiger partial charge on any atom is -0.507 e. The zero-order valence-corrected chi connectivity index (χ0v) is 16.0. The van der Waals surface area contributed by atoms with E-state index in [-0.39, 0.29) is 11.8 Å². The molecule has 1 unspecified atom stereocenters. The van der Waals surface area contributed by atoms with Crippen molar-refractivity contribution in [2.45, 2.75) is 39.0 Å². The van der Waals surface area contributed by atoms with Crippen LogP contribution in [0, 0.1) is 11.8 Å². The number of hydrogen-bond acceptors (Lipinski definition) is 3. The third-order valence-corrected chi connectivity index (χ3v) is 4.47. The fourth-order valence-corrected chi connectivity index (χ4v) is 3.02. The van der Waals surface area contributed by atoms with E-state index < -0.39 is 5.60 Å². The molecule has 138 valence electrons. The Bertz CT molecular complexity index is 1000. The third kappa shape index (κ3) is 4.89. The fraction of sp³-hybridized carbons (Fsp3) is 0.250. The van der Waals surface area contributed by atoms with Crippen molar-refractivity contribution >= 4 is 10.8 Å². The molecule has 0 fully saturated rings. The molecule has 0 aliphatic heterocycles. The number of rotatable bonds is 4. The van der Waals surface area contributed by atoms with Gasteiger partial charge in [0, 0.05) is 12.6 Å². The first-order valence-electron chi connectivity index (χ1n) is 9.12.